The summed E-state index contributed by atoms with van der Waals surface area (Å²) in [4.78, 5) is 28.6. The number of ether oxygens (including phenoxy) is 2. The number of nitrogens with zero attached hydrogens (tertiary/aromatic N) is 3. The summed E-state index contributed by atoms with van der Waals surface area (Å²) >= 11 is 0. The van der Waals surface area contributed by atoms with Crippen molar-refractivity contribution in [3.63, 3.8) is 0 Å². The summed E-state index contributed by atoms with van der Waals surface area (Å²) in [6, 6.07) is 8.04. The number of rotatable bonds is 7. The topological polar surface area (TPSA) is 108 Å². The van der Waals surface area contributed by atoms with Gasteiger partial charge in [-0.2, -0.15) is 13.8 Å². The number of nitro benzene ring substituents is 1. The van der Waals surface area contributed by atoms with Gasteiger partial charge < -0.3 is 18.8 Å². The molecular weight excluding hydrogens is 404 g/mol. The van der Waals surface area contributed by atoms with Crippen LogP contribution in [0.15, 0.2) is 40.8 Å². The van der Waals surface area contributed by atoms with Crippen LogP contribution in [0, 0.1) is 10.1 Å². The highest BCUT2D eigenvalue weighted by Gasteiger charge is 2.24. The Labute approximate surface area is 168 Å². The van der Waals surface area contributed by atoms with Gasteiger partial charge in [0.1, 0.15) is 5.75 Å². The van der Waals surface area contributed by atoms with Crippen molar-refractivity contribution in [2.45, 2.75) is 19.5 Å². The second-order valence-corrected chi connectivity index (χ2v) is 6.52. The molecule has 0 spiro atoms. The Morgan fingerprint density at radius 1 is 1.23 bits per heavy atom. The second kappa shape index (κ2) is 7.93. The van der Waals surface area contributed by atoms with Gasteiger partial charge in [-0.15, -0.1) is 0 Å². The number of aromatic nitrogens is 1. The first-order chi connectivity index (χ1) is 14.4. The van der Waals surface area contributed by atoms with E-state index in [2.05, 4.69) is 9.72 Å². The van der Waals surface area contributed by atoms with Crippen LogP contribution in [0.1, 0.15) is 12.0 Å². The second-order valence-electron chi connectivity index (χ2n) is 6.52. The highest BCUT2D eigenvalue weighted by atomic mass is 19.3. The number of alkyl halides is 2. The highest BCUT2D eigenvalue weighted by Crippen LogP contribution is 2.34. The lowest BCUT2D eigenvalue weighted by molar-refractivity contribution is -0.384. The van der Waals surface area contributed by atoms with Crippen molar-refractivity contribution in [1.82, 2.24) is 4.98 Å². The lowest BCUT2D eigenvalue weighted by Gasteiger charge is -2.28. The average Bonchev–Trinajstić information content (AvgIpc) is 3.07. The summed E-state index contributed by atoms with van der Waals surface area (Å²) in [5.74, 6) is -0.670. The number of esters is 1. The molecule has 0 amide bonds. The number of fused-ring (bicyclic) bond motifs is 1. The van der Waals surface area contributed by atoms with Gasteiger partial charge in [0.2, 0.25) is 0 Å². The fraction of sp³-hybridized carbons (Fsp3) is 0.263. The van der Waals surface area contributed by atoms with Crippen molar-refractivity contribution in [1.29, 1.82) is 0 Å². The number of nitro groups is 1. The van der Waals surface area contributed by atoms with Crippen molar-refractivity contribution in [3.8, 4) is 11.5 Å². The first-order valence-corrected chi connectivity index (χ1v) is 8.98. The number of oxazole rings is 1. The molecule has 1 aromatic heterocycles. The molecule has 4 rings (SSSR count). The first-order valence-electron chi connectivity index (χ1n) is 8.98. The molecule has 1 saturated heterocycles. The maximum absolute atomic E-state index is 12.7. The number of non-ortho nitro benzene ring substituents is 1. The summed E-state index contributed by atoms with van der Waals surface area (Å²) in [7, 11) is 0. The molecule has 1 aliphatic heterocycles. The van der Waals surface area contributed by atoms with Crippen LogP contribution in [0.5, 0.6) is 11.5 Å². The van der Waals surface area contributed by atoms with E-state index in [0.717, 1.165) is 19.5 Å². The molecule has 0 aliphatic carbocycles. The van der Waals surface area contributed by atoms with E-state index in [0.29, 0.717) is 5.56 Å². The molecule has 0 radical (unpaired) electrons. The van der Waals surface area contributed by atoms with Crippen LogP contribution >= 0.6 is 0 Å². The maximum Gasteiger partial charge on any atom is 0.387 e. The van der Waals surface area contributed by atoms with Crippen LogP contribution in [-0.2, 0) is 11.2 Å². The van der Waals surface area contributed by atoms with Crippen molar-refractivity contribution in [3.05, 3.63) is 52.1 Å². The molecule has 2 aromatic carbocycles. The predicted molar refractivity (Wildman–Crippen MR) is 99.9 cm³/mol. The molecule has 156 valence electrons. The molecule has 9 nitrogen and oxygen atoms in total. The SMILES string of the molecule is O=C(Cc1ccc(OC(F)F)c2nc(N3CCC3)oc12)Oc1ccc([N+](=O)[O-])cc1. The van der Waals surface area contributed by atoms with E-state index >= 15 is 0 Å². The monoisotopic (exact) mass is 419 g/mol. The van der Waals surface area contributed by atoms with E-state index in [-0.39, 0.29) is 40.7 Å². The predicted octanol–water partition coefficient (Wildman–Crippen LogP) is 3.70. The van der Waals surface area contributed by atoms with E-state index < -0.39 is 17.5 Å². The normalized spacial score (nSPS) is 13.4. The van der Waals surface area contributed by atoms with Gasteiger partial charge in [0.25, 0.3) is 11.7 Å². The molecule has 11 heteroatoms. The van der Waals surface area contributed by atoms with Gasteiger partial charge in [-0.05, 0) is 24.6 Å². The number of carbonyl (C=O) groups excluding carboxylic acids is 1. The van der Waals surface area contributed by atoms with Gasteiger partial charge in [0.15, 0.2) is 16.8 Å². The number of carbonyl (C=O) groups is 1. The summed E-state index contributed by atoms with van der Waals surface area (Å²) in [6.07, 6.45) is 0.741. The largest absolute Gasteiger partial charge is 0.432 e. The van der Waals surface area contributed by atoms with Crippen LogP contribution in [0.25, 0.3) is 11.1 Å². The molecular formula is C19H15F2N3O6. The third-order valence-electron chi connectivity index (χ3n) is 4.53. The van der Waals surface area contributed by atoms with E-state index in [9.17, 15) is 23.7 Å². The zero-order valence-corrected chi connectivity index (χ0v) is 15.4. The zero-order chi connectivity index (χ0) is 21.3. The summed E-state index contributed by atoms with van der Waals surface area (Å²) < 4.78 is 40.9. The number of anilines is 1. The number of hydrogen-bond acceptors (Lipinski definition) is 8. The van der Waals surface area contributed by atoms with E-state index in [1.54, 1.807) is 0 Å². The summed E-state index contributed by atoms with van der Waals surface area (Å²) in [6.45, 7) is -1.57. The standard InChI is InChI=1S/C19H15F2N3O6/c20-18(21)29-14-7-2-11(17-16(14)22-19(30-17)23-8-1-9-23)10-15(25)28-13-5-3-12(4-6-13)24(26)27/h2-7,18H,1,8-10H2. The third-order valence-corrected chi connectivity index (χ3v) is 4.53. The van der Waals surface area contributed by atoms with Crippen LogP contribution in [-0.4, -0.2) is 35.6 Å². The summed E-state index contributed by atoms with van der Waals surface area (Å²) in [5, 5.41) is 10.7. The van der Waals surface area contributed by atoms with Gasteiger partial charge in [0.05, 0.1) is 11.3 Å². The number of halogens is 2. The molecule has 0 unspecified atom stereocenters. The summed E-state index contributed by atoms with van der Waals surface area (Å²) in [5.41, 5.74) is 0.512. The number of benzene rings is 2. The van der Waals surface area contributed by atoms with Crippen LogP contribution in [0.2, 0.25) is 0 Å². The van der Waals surface area contributed by atoms with Crippen molar-refractivity contribution < 1.29 is 32.4 Å². The Hall–Kier alpha value is -3.76. The molecule has 1 fully saturated rings. The maximum atomic E-state index is 12.7. The van der Waals surface area contributed by atoms with Gasteiger partial charge in [-0.1, -0.05) is 6.07 Å². The van der Waals surface area contributed by atoms with Gasteiger partial charge >= 0.3 is 12.6 Å². The Balaban J connectivity index is 1.57. The molecule has 0 bridgehead atoms. The molecule has 30 heavy (non-hydrogen) atoms. The Bertz CT molecular complexity index is 1100. The smallest absolute Gasteiger partial charge is 0.387 e. The fourth-order valence-corrected chi connectivity index (χ4v) is 2.96. The minimum atomic E-state index is -3.03. The van der Waals surface area contributed by atoms with Crippen molar-refractivity contribution in [2.75, 3.05) is 18.0 Å². The van der Waals surface area contributed by atoms with Crippen LogP contribution in [0.3, 0.4) is 0 Å². The van der Waals surface area contributed by atoms with Crippen LogP contribution in [0.4, 0.5) is 20.5 Å². The minimum absolute atomic E-state index is 0.0952. The third kappa shape index (κ3) is 4.00. The van der Waals surface area contributed by atoms with E-state index in [1.165, 1.54) is 36.4 Å². The van der Waals surface area contributed by atoms with Crippen molar-refractivity contribution in [2.24, 2.45) is 0 Å². The lowest BCUT2D eigenvalue weighted by atomic mass is 10.1. The van der Waals surface area contributed by atoms with Gasteiger partial charge in [0, 0.05) is 30.8 Å². The molecule has 3 aromatic rings. The minimum Gasteiger partial charge on any atom is -0.432 e. The molecule has 0 atom stereocenters. The zero-order valence-electron chi connectivity index (χ0n) is 15.4. The van der Waals surface area contributed by atoms with Gasteiger partial charge in [-0.25, -0.2) is 0 Å². The number of hydrogen-bond donors (Lipinski definition) is 0. The average molecular weight is 419 g/mol. The van der Waals surface area contributed by atoms with Gasteiger partial charge in [-0.3, -0.25) is 14.9 Å². The Morgan fingerprint density at radius 2 is 1.97 bits per heavy atom. The fourth-order valence-electron chi connectivity index (χ4n) is 2.96. The molecule has 0 N–H and O–H groups in total. The Morgan fingerprint density at radius 3 is 2.57 bits per heavy atom. The quantitative estimate of drug-likeness (QED) is 0.247. The molecule has 0 saturated carbocycles. The van der Waals surface area contributed by atoms with Crippen molar-refractivity contribution >= 4 is 28.8 Å². The lowest BCUT2D eigenvalue weighted by Crippen LogP contribution is -2.37. The molecule has 2 heterocycles. The van der Waals surface area contributed by atoms with Crippen LogP contribution < -0.4 is 14.4 Å². The van der Waals surface area contributed by atoms with E-state index in [4.69, 9.17) is 9.15 Å². The Kier molecular flexibility index (Phi) is 5.17. The molecule has 1 aliphatic rings. The highest BCUT2D eigenvalue weighted by molar-refractivity contribution is 5.88. The van der Waals surface area contributed by atoms with E-state index in [1.807, 2.05) is 4.90 Å². The first kappa shape index (κ1) is 19.6.